The van der Waals surface area contributed by atoms with Crippen LogP contribution in [-0.2, 0) is 23.8 Å². The molecule has 0 rings (SSSR count). The first-order chi connectivity index (χ1) is 14.0. The van der Waals surface area contributed by atoms with Gasteiger partial charge in [-0.15, -0.1) is 0 Å². The lowest BCUT2D eigenvalue weighted by Crippen LogP contribution is -2.29. The largest absolute Gasteiger partial charge is 0.465 e. The van der Waals surface area contributed by atoms with Crippen LogP contribution in [0, 0.1) is 5.92 Å². The van der Waals surface area contributed by atoms with E-state index in [4.69, 9.17) is 14.2 Å². The third-order valence-corrected chi connectivity index (χ3v) is 4.71. The molecule has 170 valence electrons. The lowest BCUT2D eigenvalue weighted by Gasteiger charge is -2.14. The molecule has 0 aliphatic rings. The summed E-state index contributed by atoms with van der Waals surface area (Å²) in [6, 6.07) is 0. The molecule has 0 saturated heterocycles. The van der Waals surface area contributed by atoms with Crippen molar-refractivity contribution in [2.45, 2.75) is 78.1 Å². The van der Waals surface area contributed by atoms with Crippen molar-refractivity contribution in [2.24, 2.45) is 5.92 Å². The second-order valence-electron chi connectivity index (χ2n) is 7.02. The molecular formula is C21H39NO6S. The van der Waals surface area contributed by atoms with Gasteiger partial charge in [-0.2, -0.15) is 12.6 Å². The summed E-state index contributed by atoms with van der Waals surface area (Å²) < 4.78 is 15.3. The van der Waals surface area contributed by atoms with Gasteiger partial charge >= 0.3 is 18.0 Å². The zero-order valence-corrected chi connectivity index (χ0v) is 19.0. The number of carbonyl (C=O) groups excluding carboxylic acids is 3. The summed E-state index contributed by atoms with van der Waals surface area (Å²) in [5, 5.41) is 2.51. The molecule has 1 amide bonds. The third-order valence-electron chi connectivity index (χ3n) is 4.48. The molecule has 0 aromatic carbocycles. The van der Waals surface area contributed by atoms with Crippen LogP contribution in [0.3, 0.4) is 0 Å². The molecule has 1 atom stereocenters. The fourth-order valence-electron chi connectivity index (χ4n) is 2.62. The molecule has 0 bridgehead atoms. The van der Waals surface area contributed by atoms with Crippen LogP contribution in [0.1, 0.15) is 78.1 Å². The molecule has 0 radical (unpaired) electrons. The number of alkyl carbamates (subject to hydrolysis) is 1. The maximum atomic E-state index is 11.8. The Morgan fingerprint density at radius 2 is 1.62 bits per heavy atom. The number of ether oxygens (including phenoxy) is 3. The summed E-state index contributed by atoms with van der Waals surface area (Å²) >= 11 is 3.93. The fourth-order valence-corrected chi connectivity index (χ4v) is 2.80. The molecule has 0 aromatic heterocycles. The first-order valence-electron chi connectivity index (χ1n) is 10.9. The smallest absolute Gasteiger partial charge is 0.407 e. The minimum atomic E-state index is -0.539. The standard InChI is InChI=1S/C21H39NO6S/c1-3-5-7-10-18(4-2)17-28-19(23)11-8-6-9-14-27-21(25)22-13-15-26-20(24)12-16-29/h18,29H,3-17H2,1-2H3,(H,22,25). The molecule has 7 nitrogen and oxygen atoms in total. The predicted octanol–water partition coefficient (Wildman–Crippen LogP) is 4.29. The number of nitrogens with one attached hydrogen (secondary N) is 1. The van der Waals surface area contributed by atoms with E-state index in [2.05, 4.69) is 31.8 Å². The third kappa shape index (κ3) is 18.3. The Labute approximate surface area is 181 Å². The van der Waals surface area contributed by atoms with E-state index in [1.807, 2.05) is 0 Å². The molecule has 0 aliphatic heterocycles. The Kier molecular flexibility index (Phi) is 18.9. The number of rotatable bonds is 18. The number of carbonyl (C=O) groups is 3. The molecule has 29 heavy (non-hydrogen) atoms. The van der Waals surface area contributed by atoms with E-state index in [9.17, 15) is 14.4 Å². The summed E-state index contributed by atoms with van der Waals surface area (Å²) in [7, 11) is 0. The van der Waals surface area contributed by atoms with Crippen molar-refractivity contribution in [1.29, 1.82) is 0 Å². The molecule has 0 saturated carbocycles. The van der Waals surface area contributed by atoms with Gasteiger partial charge in [0.05, 0.1) is 26.2 Å². The molecule has 0 aliphatic carbocycles. The molecule has 0 heterocycles. The second-order valence-corrected chi connectivity index (χ2v) is 7.47. The predicted molar refractivity (Wildman–Crippen MR) is 116 cm³/mol. The van der Waals surface area contributed by atoms with Gasteiger partial charge in [-0.3, -0.25) is 9.59 Å². The van der Waals surface area contributed by atoms with Gasteiger partial charge in [-0.1, -0.05) is 39.5 Å². The first-order valence-corrected chi connectivity index (χ1v) is 11.5. The summed E-state index contributed by atoms with van der Waals surface area (Å²) in [6.07, 6.45) is 8.09. The monoisotopic (exact) mass is 433 g/mol. The number of thiol groups is 1. The van der Waals surface area contributed by atoms with Crippen LogP contribution < -0.4 is 5.32 Å². The van der Waals surface area contributed by atoms with Gasteiger partial charge in [0.2, 0.25) is 0 Å². The van der Waals surface area contributed by atoms with Crippen LogP contribution in [0.4, 0.5) is 4.79 Å². The van der Waals surface area contributed by atoms with E-state index in [0.717, 1.165) is 25.7 Å². The summed E-state index contributed by atoms with van der Waals surface area (Å²) in [6.45, 7) is 5.45. The summed E-state index contributed by atoms with van der Waals surface area (Å²) in [4.78, 5) is 34.4. The summed E-state index contributed by atoms with van der Waals surface area (Å²) in [5.41, 5.74) is 0. The summed E-state index contributed by atoms with van der Waals surface area (Å²) in [5.74, 6) is 0.411. The van der Waals surface area contributed by atoms with Crippen LogP contribution >= 0.6 is 12.6 Å². The normalized spacial score (nSPS) is 11.6. The van der Waals surface area contributed by atoms with E-state index < -0.39 is 6.09 Å². The van der Waals surface area contributed by atoms with E-state index in [-0.39, 0.29) is 38.1 Å². The highest BCUT2D eigenvalue weighted by atomic mass is 32.1. The van der Waals surface area contributed by atoms with E-state index >= 15 is 0 Å². The van der Waals surface area contributed by atoms with Crippen molar-refractivity contribution in [1.82, 2.24) is 5.32 Å². The van der Waals surface area contributed by atoms with Crippen LogP contribution in [0.2, 0.25) is 0 Å². The molecule has 0 spiro atoms. The number of hydrogen-bond acceptors (Lipinski definition) is 7. The van der Waals surface area contributed by atoms with Crippen molar-refractivity contribution in [3.05, 3.63) is 0 Å². The Morgan fingerprint density at radius 1 is 0.862 bits per heavy atom. The number of amides is 1. The van der Waals surface area contributed by atoms with Crippen molar-refractivity contribution >= 4 is 30.7 Å². The van der Waals surface area contributed by atoms with Crippen molar-refractivity contribution in [3.8, 4) is 0 Å². The van der Waals surface area contributed by atoms with Crippen LogP contribution in [0.15, 0.2) is 0 Å². The number of hydrogen-bond donors (Lipinski definition) is 2. The van der Waals surface area contributed by atoms with Crippen molar-refractivity contribution in [3.63, 3.8) is 0 Å². The van der Waals surface area contributed by atoms with Crippen molar-refractivity contribution < 1.29 is 28.6 Å². The molecule has 1 N–H and O–H groups in total. The molecule has 0 fully saturated rings. The van der Waals surface area contributed by atoms with Gasteiger partial charge in [-0.05, 0) is 31.6 Å². The minimum absolute atomic E-state index is 0.112. The minimum Gasteiger partial charge on any atom is -0.465 e. The van der Waals surface area contributed by atoms with E-state index in [0.29, 0.717) is 31.1 Å². The van der Waals surface area contributed by atoms with Crippen molar-refractivity contribution in [2.75, 3.05) is 32.1 Å². The van der Waals surface area contributed by atoms with E-state index in [1.165, 1.54) is 19.3 Å². The lowest BCUT2D eigenvalue weighted by molar-refractivity contribution is -0.145. The quantitative estimate of drug-likeness (QED) is 0.145. The van der Waals surface area contributed by atoms with Gasteiger partial charge in [0, 0.05) is 12.2 Å². The van der Waals surface area contributed by atoms with Gasteiger partial charge in [0.1, 0.15) is 6.61 Å². The number of unbranched alkanes of at least 4 members (excludes halogenated alkanes) is 4. The Bertz CT molecular complexity index is 447. The zero-order valence-electron chi connectivity index (χ0n) is 18.1. The van der Waals surface area contributed by atoms with Crippen LogP contribution in [-0.4, -0.2) is 50.2 Å². The van der Waals surface area contributed by atoms with Gasteiger partial charge in [0.15, 0.2) is 0 Å². The number of esters is 2. The topological polar surface area (TPSA) is 90.9 Å². The highest BCUT2D eigenvalue weighted by Gasteiger charge is 2.10. The second kappa shape index (κ2) is 19.9. The van der Waals surface area contributed by atoms with Gasteiger partial charge in [0.25, 0.3) is 0 Å². The maximum Gasteiger partial charge on any atom is 0.407 e. The van der Waals surface area contributed by atoms with Gasteiger partial charge in [-0.25, -0.2) is 4.79 Å². The lowest BCUT2D eigenvalue weighted by atomic mass is 10.00. The highest BCUT2D eigenvalue weighted by Crippen LogP contribution is 2.14. The average molecular weight is 434 g/mol. The average Bonchev–Trinajstić information content (AvgIpc) is 2.70. The fraction of sp³-hybridized carbons (Fsp3) is 0.857. The molecular weight excluding hydrogens is 394 g/mol. The zero-order chi connectivity index (χ0) is 21.7. The highest BCUT2D eigenvalue weighted by molar-refractivity contribution is 7.80. The van der Waals surface area contributed by atoms with Crippen LogP contribution in [0.25, 0.3) is 0 Å². The Balaban J connectivity index is 3.55. The molecule has 1 unspecified atom stereocenters. The first kappa shape index (κ1) is 27.6. The molecule has 0 aromatic rings. The molecule has 8 heteroatoms. The SMILES string of the molecule is CCCCCC(CC)COC(=O)CCCCCOC(=O)NCCOC(=O)CCS. The van der Waals surface area contributed by atoms with E-state index in [1.54, 1.807) is 0 Å². The maximum absolute atomic E-state index is 11.8. The Hall–Kier alpha value is -1.44. The Morgan fingerprint density at radius 3 is 2.31 bits per heavy atom. The van der Waals surface area contributed by atoms with Gasteiger partial charge < -0.3 is 19.5 Å². The van der Waals surface area contributed by atoms with Crippen LogP contribution in [0.5, 0.6) is 0 Å².